The standard InChI is InChI=1S/C9H20N.C4H6O2/c1-5-9-10(6-2,7-3)8-4;1-2-3-4(5)6/h5H,1,6-9H2,2-4H3;2H,1,3H2,(H,5,6)/q+1;/p-1. The molecule has 0 bridgehead atoms. The summed E-state index contributed by atoms with van der Waals surface area (Å²) >= 11 is 0. The average Bonchev–Trinajstić information content (AvgIpc) is 2.27. The van der Waals surface area contributed by atoms with Crippen molar-refractivity contribution in [1.82, 2.24) is 0 Å². The molecule has 3 heteroatoms. The molecule has 0 rings (SSSR count). The molecular weight excluding hydrogens is 202 g/mol. The fourth-order valence-electron chi connectivity index (χ4n) is 1.45. The van der Waals surface area contributed by atoms with Gasteiger partial charge in [-0.15, -0.1) is 6.58 Å². The molecule has 3 nitrogen and oxygen atoms in total. The lowest BCUT2D eigenvalue weighted by Crippen LogP contribution is -2.47. The summed E-state index contributed by atoms with van der Waals surface area (Å²) in [6, 6.07) is 0. The summed E-state index contributed by atoms with van der Waals surface area (Å²) in [6.45, 7) is 18.5. The van der Waals surface area contributed by atoms with E-state index in [0.29, 0.717) is 0 Å². The molecule has 0 saturated heterocycles. The number of carbonyl (C=O) groups excluding carboxylic acids is 1. The maximum Gasteiger partial charge on any atom is 0.0970 e. The van der Waals surface area contributed by atoms with Crippen LogP contribution in [0.2, 0.25) is 0 Å². The predicted molar refractivity (Wildman–Crippen MR) is 66.8 cm³/mol. The summed E-state index contributed by atoms with van der Waals surface area (Å²) in [5, 5.41) is 9.42. The number of quaternary nitrogens is 1. The van der Waals surface area contributed by atoms with E-state index < -0.39 is 5.97 Å². The van der Waals surface area contributed by atoms with Gasteiger partial charge in [0.1, 0.15) is 0 Å². The van der Waals surface area contributed by atoms with E-state index >= 15 is 0 Å². The van der Waals surface area contributed by atoms with Gasteiger partial charge in [0.2, 0.25) is 0 Å². The first-order valence-electron chi connectivity index (χ1n) is 5.78. The van der Waals surface area contributed by atoms with Crippen molar-refractivity contribution in [1.29, 1.82) is 0 Å². The molecule has 0 aliphatic rings. The van der Waals surface area contributed by atoms with E-state index in [4.69, 9.17) is 0 Å². The highest BCUT2D eigenvalue weighted by Gasteiger charge is 2.17. The molecule has 0 unspecified atom stereocenters. The van der Waals surface area contributed by atoms with Crippen LogP contribution in [0.4, 0.5) is 0 Å². The number of hydrogen-bond donors (Lipinski definition) is 0. The van der Waals surface area contributed by atoms with Crippen LogP contribution in [-0.2, 0) is 4.79 Å². The Morgan fingerprint density at radius 2 is 1.56 bits per heavy atom. The highest BCUT2D eigenvalue weighted by Crippen LogP contribution is 2.04. The van der Waals surface area contributed by atoms with Crippen molar-refractivity contribution in [2.75, 3.05) is 26.2 Å². The van der Waals surface area contributed by atoms with Gasteiger partial charge in [0.05, 0.1) is 26.2 Å². The number of aliphatic carboxylic acids is 1. The van der Waals surface area contributed by atoms with Gasteiger partial charge in [-0.3, -0.25) is 0 Å². The Morgan fingerprint density at radius 1 is 1.12 bits per heavy atom. The summed E-state index contributed by atoms with van der Waals surface area (Å²) in [5.74, 6) is -1.08. The van der Waals surface area contributed by atoms with E-state index in [9.17, 15) is 9.90 Å². The lowest BCUT2D eigenvalue weighted by Gasteiger charge is -2.34. The summed E-state index contributed by atoms with van der Waals surface area (Å²) in [5.41, 5.74) is 0. The molecule has 0 saturated carbocycles. The van der Waals surface area contributed by atoms with Crippen LogP contribution in [0.3, 0.4) is 0 Å². The van der Waals surface area contributed by atoms with Crippen LogP contribution in [0, 0.1) is 0 Å². The molecule has 0 atom stereocenters. The minimum Gasteiger partial charge on any atom is -0.550 e. The van der Waals surface area contributed by atoms with Gasteiger partial charge in [0.15, 0.2) is 0 Å². The number of carbonyl (C=O) groups is 1. The van der Waals surface area contributed by atoms with Crippen LogP contribution in [-0.4, -0.2) is 36.6 Å². The van der Waals surface area contributed by atoms with Crippen molar-refractivity contribution in [2.24, 2.45) is 0 Å². The third kappa shape index (κ3) is 8.24. The maximum absolute atomic E-state index is 9.42. The van der Waals surface area contributed by atoms with Gasteiger partial charge >= 0.3 is 0 Å². The maximum atomic E-state index is 9.42. The first kappa shape index (κ1) is 17.3. The molecule has 0 aromatic carbocycles. The number of hydrogen-bond acceptors (Lipinski definition) is 2. The highest BCUT2D eigenvalue weighted by molar-refractivity contribution is 5.65. The first-order chi connectivity index (χ1) is 7.51. The van der Waals surface area contributed by atoms with Crippen molar-refractivity contribution >= 4 is 5.97 Å². The smallest absolute Gasteiger partial charge is 0.0970 e. The van der Waals surface area contributed by atoms with Crippen LogP contribution in [0.25, 0.3) is 0 Å². The number of rotatable bonds is 7. The third-order valence-corrected chi connectivity index (χ3v) is 2.84. The van der Waals surface area contributed by atoms with Crippen LogP contribution in [0.15, 0.2) is 25.3 Å². The average molecular weight is 227 g/mol. The summed E-state index contributed by atoms with van der Waals surface area (Å²) in [4.78, 5) is 9.42. The lowest BCUT2D eigenvalue weighted by molar-refractivity contribution is -0.917. The Bertz CT molecular complexity index is 200. The van der Waals surface area contributed by atoms with E-state index in [-0.39, 0.29) is 6.42 Å². The van der Waals surface area contributed by atoms with Crippen LogP contribution in [0.1, 0.15) is 27.2 Å². The van der Waals surface area contributed by atoms with Gasteiger partial charge in [-0.1, -0.05) is 12.7 Å². The minimum atomic E-state index is -1.08. The minimum absolute atomic E-state index is 0.0556. The van der Waals surface area contributed by atoms with Crippen molar-refractivity contribution < 1.29 is 14.4 Å². The van der Waals surface area contributed by atoms with Gasteiger partial charge in [-0.25, -0.2) is 0 Å². The fraction of sp³-hybridized carbons (Fsp3) is 0.615. The molecule has 0 aromatic rings. The molecule has 94 valence electrons. The molecule has 0 heterocycles. The molecule has 0 fully saturated rings. The largest absolute Gasteiger partial charge is 0.550 e. The quantitative estimate of drug-likeness (QED) is 0.487. The molecular formula is C13H25NO2. The fourth-order valence-corrected chi connectivity index (χ4v) is 1.45. The van der Waals surface area contributed by atoms with Crippen LogP contribution >= 0.6 is 0 Å². The zero-order valence-corrected chi connectivity index (χ0v) is 10.9. The zero-order chi connectivity index (χ0) is 13.0. The van der Waals surface area contributed by atoms with Crippen molar-refractivity contribution in [2.45, 2.75) is 27.2 Å². The van der Waals surface area contributed by atoms with Crippen molar-refractivity contribution in [3.63, 3.8) is 0 Å². The number of carboxylic acids is 1. The second-order valence-corrected chi connectivity index (χ2v) is 3.63. The summed E-state index contributed by atoms with van der Waals surface area (Å²) in [6.07, 6.45) is 3.26. The van der Waals surface area contributed by atoms with E-state index in [1.807, 2.05) is 6.08 Å². The Kier molecular flexibility index (Phi) is 11.3. The number of carboxylic acid groups (broad SMARTS) is 1. The van der Waals surface area contributed by atoms with Gasteiger partial charge in [0, 0.05) is 12.4 Å². The highest BCUT2D eigenvalue weighted by atomic mass is 16.4. The Morgan fingerprint density at radius 3 is 1.62 bits per heavy atom. The van der Waals surface area contributed by atoms with Gasteiger partial charge in [-0.2, -0.15) is 0 Å². The zero-order valence-electron chi connectivity index (χ0n) is 10.9. The molecule has 0 aliphatic heterocycles. The normalized spacial score (nSPS) is 9.94. The van der Waals surface area contributed by atoms with Crippen molar-refractivity contribution in [3.8, 4) is 0 Å². The Balaban J connectivity index is 0. The first-order valence-corrected chi connectivity index (χ1v) is 5.78. The SMILES string of the molecule is C=CCC(=O)[O-].C=CC[N+](CC)(CC)CC. The summed E-state index contributed by atoms with van der Waals surface area (Å²) < 4.78 is 1.18. The van der Waals surface area contributed by atoms with Crippen molar-refractivity contribution in [3.05, 3.63) is 25.3 Å². The number of likely N-dealkylation sites (N-methyl/N-ethyl adjacent to an activating group) is 1. The van der Waals surface area contributed by atoms with E-state index in [1.54, 1.807) is 0 Å². The Hall–Kier alpha value is -1.09. The molecule has 0 aliphatic carbocycles. The van der Waals surface area contributed by atoms with Gasteiger partial charge in [-0.05, 0) is 26.8 Å². The second kappa shape index (κ2) is 10.4. The van der Waals surface area contributed by atoms with Crippen LogP contribution in [0.5, 0.6) is 0 Å². The molecule has 16 heavy (non-hydrogen) atoms. The predicted octanol–water partition coefficient (Wildman–Crippen LogP) is 1.36. The van der Waals surface area contributed by atoms with E-state index in [2.05, 4.69) is 33.9 Å². The molecule has 0 N–H and O–H groups in total. The van der Waals surface area contributed by atoms with Gasteiger partial charge in [0.25, 0.3) is 0 Å². The molecule has 0 spiro atoms. The molecule has 0 aromatic heterocycles. The second-order valence-electron chi connectivity index (χ2n) is 3.63. The van der Waals surface area contributed by atoms with E-state index in [1.165, 1.54) is 30.2 Å². The number of nitrogens with zero attached hydrogens (tertiary/aromatic N) is 1. The Labute approximate surface area is 99.7 Å². The molecule has 0 amide bonds. The topological polar surface area (TPSA) is 40.1 Å². The van der Waals surface area contributed by atoms with Crippen LogP contribution < -0.4 is 5.11 Å². The monoisotopic (exact) mass is 227 g/mol. The lowest BCUT2D eigenvalue weighted by atomic mass is 10.3. The third-order valence-electron chi connectivity index (χ3n) is 2.84. The molecule has 0 radical (unpaired) electrons. The summed E-state index contributed by atoms with van der Waals surface area (Å²) in [7, 11) is 0. The van der Waals surface area contributed by atoms with E-state index in [0.717, 1.165) is 6.54 Å². The van der Waals surface area contributed by atoms with Gasteiger partial charge < -0.3 is 14.4 Å².